The Morgan fingerprint density at radius 3 is 1.89 bits per heavy atom. The van der Waals surface area contributed by atoms with Gasteiger partial charge in [0.1, 0.15) is 0 Å². The highest BCUT2D eigenvalue weighted by Crippen LogP contribution is 2.61. The summed E-state index contributed by atoms with van der Waals surface area (Å²) in [5.41, 5.74) is 0.399. The van der Waals surface area contributed by atoms with E-state index in [9.17, 15) is 5.26 Å². The SMILES string of the molecule is C=CCC(C)(C#N)C1(C)CC(C)(C)CC(C)(C)C1. The lowest BCUT2D eigenvalue weighted by Gasteiger charge is -2.55. The van der Waals surface area contributed by atoms with E-state index in [4.69, 9.17) is 0 Å². The van der Waals surface area contributed by atoms with Gasteiger partial charge >= 0.3 is 0 Å². The largest absolute Gasteiger partial charge is 0.198 e. The fourth-order valence-corrected chi connectivity index (χ4v) is 4.70. The molecular weight excluding hydrogens is 218 g/mol. The minimum Gasteiger partial charge on any atom is -0.198 e. The van der Waals surface area contributed by atoms with Crippen molar-refractivity contribution in [2.75, 3.05) is 0 Å². The monoisotopic (exact) mass is 247 g/mol. The lowest BCUT2D eigenvalue weighted by molar-refractivity contribution is -0.0483. The third kappa shape index (κ3) is 2.79. The highest BCUT2D eigenvalue weighted by Gasteiger charge is 2.53. The van der Waals surface area contributed by atoms with E-state index in [1.807, 2.05) is 6.08 Å². The number of rotatable bonds is 3. The highest BCUT2D eigenvalue weighted by atomic mass is 14.6. The molecule has 0 aromatic heterocycles. The lowest BCUT2D eigenvalue weighted by atomic mass is 9.48. The number of nitrogens with zero attached hydrogens (tertiary/aromatic N) is 1. The molecule has 0 aromatic rings. The van der Waals surface area contributed by atoms with Crippen LogP contribution >= 0.6 is 0 Å². The molecule has 0 heterocycles. The summed E-state index contributed by atoms with van der Waals surface area (Å²) >= 11 is 0. The summed E-state index contributed by atoms with van der Waals surface area (Å²) in [6.45, 7) is 17.6. The molecular formula is C17H29N. The van der Waals surface area contributed by atoms with Gasteiger partial charge in [0, 0.05) is 0 Å². The minimum atomic E-state index is -0.302. The Labute approximate surface area is 113 Å². The van der Waals surface area contributed by atoms with Crippen molar-refractivity contribution in [3.8, 4) is 6.07 Å². The van der Waals surface area contributed by atoms with E-state index < -0.39 is 0 Å². The third-order valence-corrected chi connectivity index (χ3v) is 4.83. The molecule has 1 nitrogen and oxygen atoms in total. The van der Waals surface area contributed by atoms with E-state index in [2.05, 4.69) is 54.2 Å². The molecule has 102 valence electrons. The predicted molar refractivity (Wildman–Crippen MR) is 78.1 cm³/mol. The van der Waals surface area contributed by atoms with Crippen molar-refractivity contribution in [3.63, 3.8) is 0 Å². The summed E-state index contributed by atoms with van der Waals surface area (Å²) in [4.78, 5) is 0. The van der Waals surface area contributed by atoms with Crippen molar-refractivity contribution in [1.29, 1.82) is 5.26 Å². The number of allylic oxidation sites excluding steroid dienone is 1. The first-order valence-corrected chi connectivity index (χ1v) is 7.01. The van der Waals surface area contributed by atoms with Crippen LogP contribution in [0, 0.1) is 33.0 Å². The number of hydrogen-bond acceptors (Lipinski definition) is 1. The van der Waals surface area contributed by atoms with E-state index in [1.165, 1.54) is 6.42 Å². The summed E-state index contributed by atoms with van der Waals surface area (Å²) in [5, 5.41) is 9.68. The molecule has 1 heteroatoms. The fourth-order valence-electron chi connectivity index (χ4n) is 4.70. The van der Waals surface area contributed by atoms with Gasteiger partial charge in [0.15, 0.2) is 0 Å². The lowest BCUT2D eigenvalue weighted by Crippen LogP contribution is -2.48. The van der Waals surface area contributed by atoms with Crippen LogP contribution in [0.3, 0.4) is 0 Å². The average molecular weight is 247 g/mol. The van der Waals surface area contributed by atoms with Crippen LogP contribution in [0.2, 0.25) is 0 Å². The van der Waals surface area contributed by atoms with Crippen LogP contribution in [-0.4, -0.2) is 0 Å². The molecule has 1 unspecified atom stereocenters. The van der Waals surface area contributed by atoms with Crippen molar-refractivity contribution >= 4 is 0 Å². The Morgan fingerprint density at radius 1 is 1.11 bits per heavy atom. The molecule has 0 saturated heterocycles. The second kappa shape index (κ2) is 4.41. The molecule has 1 fully saturated rings. The quantitative estimate of drug-likeness (QED) is 0.618. The van der Waals surface area contributed by atoms with Crippen molar-refractivity contribution in [3.05, 3.63) is 12.7 Å². The first-order chi connectivity index (χ1) is 7.99. The Hall–Kier alpha value is -0.770. The summed E-state index contributed by atoms with van der Waals surface area (Å²) in [7, 11) is 0. The van der Waals surface area contributed by atoms with Crippen LogP contribution in [0.1, 0.15) is 67.2 Å². The normalized spacial score (nSPS) is 27.8. The molecule has 1 aliphatic rings. The molecule has 0 amide bonds. The molecule has 0 aliphatic heterocycles. The molecule has 18 heavy (non-hydrogen) atoms. The zero-order valence-corrected chi connectivity index (χ0v) is 13.1. The van der Waals surface area contributed by atoms with Crippen LogP contribution in [0.5, 0.6) is 0 Å². The summed E-state index contributed by atoms with van der Waals surface area (Å²) in [5.74, 6) is 0. The van der Waals surface area contributed by atoms with E-state index >= 15 is 0 Å². The molecule has 1 saturated carbocycles. The molecule has 0 spiro atoms. The van der Waals surface area contributed by atoms with E-state index in [-0.39, 0.29) is 10.8 Å². The minimum absolute atomic E-state index is 0.0706. The smallest absolute Gasteiger partial charge is 0.0695 e. The van der Waals surface area contributed by atoms with Crippen molar-refractivity contribution in [1.82, 2.24) is 0 Å². The van der Waals surface area contributed by atoms with E-state index in [0.29, 0.717) is 10.8 Å². The maximum absolute atomic E-state index is 9.68. The predicted octanol–water partition coefficient (Wildman–Crippen LogP) is 5.33. The van der Waals surface area contributed by atoms with Gasteiger partial charge in [0.25, 0.3) is 0 Å². The van der Waals surface area contributed by atoms with Crippen molar-refractivity contribution in [2.24, 2.45) is 21.7 Å². The Morgan fingerprint density at radius 2 is 1.56 bits per heavy atom. The van der Waals surface area contributed by atoms with Gasteiger partial charge < -0.3 is 0 Å². The van der Waals surface area contributed by atoms with Gasteiger partial charge in [-0.25, -0.2) is 0 Å². The Kier molecular flexibility index (Phi) is 3.74. The second-order valence-electron chi connectivity index (χ2n) is 8.36. The number of hydrogen-bond donors (Lipinski definition) is 0. The van der Waals surface area contributed by atoms with Crippen LogP contribution in [0.15, 0.2) is 12.7 Å². The average Bonchev–Trinajstić information content (AvgIpc) is 2.11. The van der Waals surface area contributed by atoms with Crippen LogP contribution in [-0.2, 0) is 0 Å². The summed E-state index contributed by atoms with van der Waals surface area (Å²) in [6.07, 6.45) is 6.18. The first-order valence-electron chi connectivity index (χ1n) is 7.01. The van der Waals surface area contributed by atoms with Crippen molar-refractivity contribution in [2.45, 2.75) is 67.2 Å². The van der Waals surface area contributed by atoms with Gasteiger partial charge in [-0.15, -0.1) is 6.58 Å². The number of nitriles is 1. The molecule has 1 aliphatic carbocycles. The van der Waals surface area contributed by atoms with Crippen molar-refractivity contribution < 1.29 is 0 Å². The zero-order valence-electron chi connectivity index (χ0n) is 13.1. The fraction of sp³-hybridized carbons (Fsp3) is 0.824. The van der Waals surface area contributed by atoms with E-state index in [1.54, 1.807) is 0 Å². The Bertz CT molecular complexity index is 354. The van der Waals surface area contributed by atoms with Crippen LogP contribution in [0.25, 0.3) is 0 Å². The molecule has 0 N–H and O–H groups in total. The van der Waals surface area contributed by atoms with Gasteiger partial charge in [-0.3, -0.25) is 0 Å². The first kappa shape index (κ1) is 15.3. The zero-order chi connectivity index (χ0) is 14.2. The second-order valence-corrected chi connectivity index (χ2v) is 8.36. The molecule has 1 rings (SSSR count). The van der Waals surface area contributed by atoms with Gasteiger partial charge in [-0.2, -0.15) is 5.26 Å². The highest BCUT2D eigenvalue weighted by molar-refractivity contribution is 5.12. The van der Waals surface area contributed by atoms with Gasteiger partial charge in [0.2, 0.25) is 0 Å². The van der Waals surface area contributed by atoms with Crippen LogP contribution in [0.4, 0.5) is 0 Å². The van der Waals surface area contributed by atoms with E-state index in [0.717, 1.165) is 19.3 Å². The maximum atomic E-state index is 9.68. The van der Waals surface area contributed by atoms with Gasteiger partial charge in [0.05, 0.1) is 11.5 Å². The molecule has 0 aromatic carbocycles. The summed E-state index contributed by atoms with van der Waals surface area (Å²) in [6, 6.07) is 2.59. The maximum Gasteiger partial charge on any atom is 0.0695 e. The summed E-state index contributed by atoms with van der Waals surface area (Å²) < 4.78 is 0. The molecule has 0 radical (unpaired) electrons. The molecule has 0 bridgehead atoms. The van der Waals surface area contributed by atoms with Crippen LogP contribution < -0.4 is 0 Å². The van der Waals surface area contributed by atoms with Gasteiger partial charge in [-0.1, -0.05) is 40.7 Å². The third-order valence-electron chi connectivity index (χ3n) is 4.83. The Balaban J connectivity index is 3.19. The van der Waals surface area contributed by atoms with Gasteiger partial charge in [-0.05, 0) is 48.9 Å². The molecule has 1 atom stereocenters. The topological polar surface area (TPSA) is 23.8 Å². The standard InChI is InChI=1S/C17H29N/c1-8-9-16(6,13-18)17(7)11-14(2,3)10-15(4,5)12-17/h8H,1,9-12H2,2-7H3.